The van der Waals surface area contributed by atoms with Crippen molar-refractivity contribution in [3.8, 4) is 0 Å². The lowest BCUT2D eigenvalue weighted by Gasteiger charge is -2.35. The number of methoxy groups -OCH3 is 2. The minimum absolute atomic E-state index is 0.278. The van der Waals surface area contributed by atoms with Gasteiger partial charge in [-0.05, 0) is 30.5 Å². The molecule has 0 amide bonds. The molecule has 9 heteroatoms. The number of benzene rings is 1. The third kappa shape index (κ3) is 3.16. The standard InChI is InChI=1S/C20H20ClN5O2S/c1-27-9-20(28-2)4-3-12-16(7-20)29-19-17(12)18(22-10-23-19)25-15-5-11-8-24-26-14(11)6-13(15)21/h5-6,8,10H,3-4,7,9H2,1-2H3,(H,24,26)(H,22,23,25)/t20-/m1/s1. The number of hydrogen-bond acceptors (Lipinski definition) is 7. The first kappa shape index (κ1) is 18.7. The summed E-state index contributed by atoms with van der Waals surface area (Å²) >= 11 is 8.19. The molecule has 0 unspecified atom stereocenters. The number of fused-ring (bicyclic) bond motifs is 4. The molecule has 0 bridgehead atoms. The summed E-state index contributed by atoms with van der Waals surface area (Å²) in [5.74, 6) is 0.772. The minimum Gasteiger partial charge on any atom is -0.382 e. The molecule has 0 saturated carbocycles. The number of rotatable bonds is 5. The van der Waals surface area contributed by atoms with Gasteiger partial charge in [0.2, 0.25) is 0 Å². The van der Waals surface area contributed by atoms with E-state index in [4.69, 9.17) is 21.1 Å². The van der Waals surface area contributed by atoms with Crippen LogP contribution in [0.15, 0.2) is 24.7 Å². The van der Waals surface area contributed by atoms with Gasteiger partial charge in [0.25, 0.3) is 0 Å². The van der Waals surface area contributed by atoms with Gasteiger partial charge in [0, 0.05) is 30.9 Å². The molecule has 0 fully saturated rings. The molecule has 1 atom stereocenters. The fourth-order valence-electron chi connectivity index (χ4n) is 4.08. The molecule has 1 aromatic carbocycles. The number of H-pyrrole nitrogens is 1. The van der Waals surface area contributed by atoms with Crippen LogP contribution in [-0.4, -0.2) is 46.6 Å². The molecule has 0 spiro atoms. The molecule has 1 aliphatic rings. The molecule has 5 rings (SSSR count). The lowest BCUT2D eigenvalue weighted by molar-refractivity contribution is -0.0714. The maximum atomic E-state index is 6.49. The number of hydrogen-bond donors (Lipinski definition) is 2. The summed E-state index contributed by atoms with van der Waals surface area (Å²) in [6.07, 6.45) is 5.97. The molecule has 3 aromatic heterocycles. The second-order valence-corrected chi connectivity index (χ2v) is 8.81. The van der Waals surface area contributed by atoms with Crippen molar-refractivity contribution >= 4 is 55.6 Å². The number of nitrogens with one attached hydrogen (secondary N) is 2. The molecule has 29 heavy (non-hydrogen) atoms. The summed E-state index contributed by atoms with van der Waals surface area (Å²) in [5.41, 5.74) is 2.70. The van der Waals surface area contributed by atoms with E-state index in [0.717, 1.165) is 51.9 Å². The second-order valence-electron chi connectivity index (χ2n) is 7.32. The van der Waals surface area contributed by atoms with E-state index in [2.05, 4.69) is 25.5 Å². The molecule has 1 aliphatic carbocycles. The maximum Gasteiger partial charge on any atom is 0.142 e. The fourth-order valence-corrected chi connectivity index (χ4v) is 5.61. The fraction of sp³-hybridized carbons (Fsp3) is 0.350. The molecule has 2 N–H and O–H groups in total. The van der Waals surface area contributed by atoms with Gasteiger partial charge in [-0.25, -0.2) is 9.97 Å². The van der Waals surface area contributed by atoms with Crippen molar-refractivity contribution < 1.29 is 9.47 Å². The van der Waals surface area contributed by atoms with Gasteiger partial charge in [0.05, 0.1) is 40.0 Å². The molecule has 4 aromatic rings. The molecular weight excluding hydrogens is 410 g/mol. The summed E-state index contributed by atoms with van der Waals surface area (Å²) in [6.45, 7) is 0.578. The third-order valence-electron chi connectivity index (χ3n) is 5.61. The Morgan fingerprint density at radius 2 is 2.21 bits per heavy atom. The Balaban J connectivity index is 1.56. The van der Waals surface area contributed by atoms with Crippen molar-refractivity contribution in [3.63, 3.8) is 0 Å². The third-order valence-corrected chi connectivity index (χ3v) is 7.06. The topological polar surface area (TPSA) is 84.9 Å². The van der Waals surface area contributed by atoms with E-state index in [1.165, 1.54) is 10.4 Å². The van der Waals surface area contributed by atoms with E-state index in [1.807, 2.05) is 12.1 Å². The number of aromatic nitrogens is 4. The van der Waals surface area contributed by atoms with Crippen molar-refractivity contribution in [1.29, 1.82) is 0 Å². The SMILES string of the molecule is COC[C@@]1(OC)CCc2c(sc3ncnc(Nc4cc5cn[nH]c5cc4Cl)c23)C1. The average molecular weight is 430 g/mol. The zero-order chi connectivity index (χ0) is 20.0. The van der Waals surface area contributed by atoms with Crippen LogP contribution >= 0.6 is 22.9 Å². The number of anilines is 2. The molecule has 7 nitrogen and oxygen atoms in total. The van der Waals surface area contributed by atoms with E-state index in [-0.39, 0.29) is 5.60 Å². The summed E-state index contributed by atoms with van der Waals surface area (Å²) in [7, 11) is 3.48. The van der Waals surface area contributed by atoms with Crippen molar-refractivity contribution in [3.05, 3.63) is 40.1 Å². The molecule has 0 radical (unpaired) electrons. The number of ether oxygens (including phenoxy) is 2. The zero-order valence-electron chi connectivity index (χ0n) is 16.1. The first-order valence-corrected chi connectivity index (χ1v) is 10.5. The molecule has 3 heterocycles. The Morgan fingerprint density at radius 3 is 3.03 bits per heavy atom. The summed E-state index contributed by atoms with van der Waals surface area (Å²) in [4.78, 5) is 11.3. The normalized spacial score (nSPS) is 19.0. The lowest BCUT2D eigenvalue weighted by Crippen LogP contribution is -2.41. The Morgan fingerprint density at radius 1 is 1.31 bits per heavy atom. The van der Waals surface area contributed by atoms with Gasteiger partial charge in [-0.3, -0.25) is 5.10 Å². The predicted molar refractivity (Wildman–Crippen MR) is 115 cm³/mol. The Hall–Kier alpha value is -2.26. The van der Waals surface area contributed by atoms with Gasteiger partial charge in [-0.1, -0.05) is 11.6 Å². The van der Waals surface area contributed by atoms with Crippen LogP contribution in [0.2, 0.25) is 5.02 Å². The number of nitrogens with zero attached hydrogens (tertiary/aromatic N) is 3. The summed E-state index contributed by atoms with van der Waals surface area (Å²) < 4.78 is 11.3. The van der Waals surface area contributed by atoms with Crippen LogP contribution < -0.4 is 5.32 Å². The lowest BCUT2D eigenvalue weighted by atomic mass is 9.84. The Kier molecular flexibility index (Phi) is 4.66. The highest BCUT2D eigenvalue weighted by Gasteiger charge is 2.37. The van der Waals surface area contributed by atoms with Gasteiger partial charge in [0.1, 0.15) is 17.0 Å². The van der Waals surface area contributed by atoms with Crippen LogP contribution in [0.1, 0.15) is 16.9 Å². The van der Waals surface area contributed by atoms with Gasteiger partial charge in [-0.2, -0.15) is 5.10 Å². The average Bonchev–Trinajstić information content (AvgIpc) is 3.32. The largest absolute Gasteiger partial charge is 0.382 e. The number of halogens is 1. The highest BCUT2D eigenvalue weighted by atomic mass is 35.5. The van der Waals surface area contributed by atoms with Gasteiger partial charge in [0.15, 0.2) is 0 Å². The van der Waals surface area contributed by atoms with Crippen molar-refractivity contribution in [2.75, 3.05) is 26.1 Å². The van der Waals surface area contributed by atoms with Crippen LogP contribution in [-0.2, 0) is 22.3 Å². The van der Waals surface area contributed by atoms with E-state index < -0.39 is 0 Å². The zero-order valence-corrected chi connectivity index (χ0v) is 17.7. The molecule has 150 valence electrons. The number of aromatic amines is 1. The van der Waals surface area contributed by atoms with Crippen LogP contribution in [0.4, 0.5) is 11.5 Å². The van der Waals surface area contributed by atoms with E-state index in [9.17, 15) is 0 Å². The van der Waals surface area contributed by atoms with Crippen molar-refractivity contribution in [2.24, 2.45) is 0 Å². The maximum absolute atomic E-state index is 6.49. The predicted octanol–water partition coefficient (Wildman–Crippen LogP) is 4.48. The number of thiophene rings is 1. The van der Waals surface area contributed by atoms with Crippen molar-refractivity contribution in [1.82, 2.24) is 20.2 Å². The monoisotopic (exact) mass is 429 g/mol. The van der Waals surface area contributed by atoms with Gasteiger partial charge in [-0.15, -0.1) is 11.3 Å². The van der Waals surface area contributed by atoms with E-state index >= 15 is 0 Å². The second kappa shape index (κ2) is 7.21. The van der Waals surface area contributed by atoms with Crippen LogP contribution in [0.25, 0.3) is 21.1 Å². The van der Waals surface area contributed by atoms with Crippen LogP contribution in [0.5, 0.6) is 0 Å². The molecule has 0 aliphatic heterocycles. The van der Waals surface area contributed by atoms with Crippen LogP contribution in [0, 0.1) is 0 Å². The summed E-state index contributed by atoms with van der Waals surface area (Å²) in [5, 5.41) is 13.1. The Bertz CT molecular complexity index is 1210. The van der Waals surface area contributed by atoms with E-state index in [1.54, 1.807) is 38.1 Å². The van der Waals surface area contributed by atoms with Gasteiger partial charge >= 0.3 is 0 Å². The summed E-state index contributed by atoms with van der Waals surface area (Å²) in [6, 6.07) is 3.84. The molecular formula is C20H20ClN5O2S. The van der Waals surface area contributed by atoms with Crippen LogP contribution in [0.3, 0.4) is 0 Å². The molecule has 0 saturated heterocycles. The number of aryl methyl sites for hydroxylation is 1. The highest BCUT2D eigenvalue weighted by Crippen LogP contribution is 2.43. The first-order valence-electron chi connectivity index (χ1n) is 9.31. The highest BCUT2D eigenvalue weighted by molar-refractivity contribution is 7.19. The van der Waals surface area contributed by atoms with E-state index in [0.29, 0.717) is 11.6 Å². The quantitative estimate of drug-likeness (QED) is 0.486. The van der Waals surface area contributed by atoms with Gasteiger partial charge < -0.3 is 14.8 Å². The smallest absolute Gasteiger partial charge is 0.142 e. The Labute approximate surface area is 176 Å². The first-order chi connectivity index (χ1) is 14.1. The minimum atomic E-state index is -0.278. The van der Waals surface area contributed by atoms with Crippen molar-refractivity contribution in [2.45, 2.75) is 24.9 Å².